The highest BCUT2D eigenvalue weighted by Gasteiger charge is 2.04. The van der Waals surface area contributed by atoms with Crippen molar-refractivity contribution in [2.24, 2.45) is 5.73 Å². The van der Waals surface area contributed by atoms with E-state index in [9.17, 15) is 4.79 Å². The van der Waals surface area contributed by atoms with Gasteiger partial charge in [-0.2, -0.15) is 0 Å². The lowest BCUT2D eigenvalue weighted by atomic mass is 10.1. The first-order valence-corrected chi connectivity index (χ1v) is 3.53. The summed E-state index contributed by atoms with van der Waals surface area (Å²) in [6, 6.07) is 0. The average Bonchev–Trinajstić information content (AvgIpc) is 2.13. The van der Waals surface area contributed by atoms with Crippen molar-refractivity contribution < 1.29 is 4.79 Å². The first-order valence-electron chi connectivity index (χ1n) is 3.53. The van der Waals surface area contributed by atoms with E-state index in [-0.39, 0.29) is 5.78 Å². The normalized spacial score (nSPS) is 16.8. The zero-order chi connectivity index (χ0) is 8.27. The molecule has 2 heteroatoms. The standard InChI is InChI=1S/C9H11NO/c1-7(11)8-4-2-3-5-9(10)6-8/h2-5H,6,10H2,1H3. The lowest BCUT2D eigenvalue weighted by Crippen LogP contribution is -2.02. The third-order valence-electron chi connectivity index (χ3n) is 1.57. The Hall–Kier alpha value is -1.31. The number of carbonyl (C=O) groups excluding carboxylic acids is 1. The van der Waals surface area contributed by atoms with Gasteiger partial charge in [-0.25, -0.2) is 0 Å². The smallest absolute Gasteiger partial charge is 0.156 e. The van der Waals surface area contributed by atoms with Crippen molar-refractivity contribution >= 4 is 5.78 Å². The number of rotatable bonds is 1. The van der Waals surface area contributed by atoms with Crippen LogP contribution in [0.15, 0.2) is 35.6 Å². The summed E-state index contributed by atoms with van der Waals surface area (Å²) in [5, 5.41) is 0. The minimum Gasteiger partial charge on any atom is -0.402 e. The summed E-state index contributed by atoms with van der Waals surface area (Å²) >= 11 is 0. The summed E-state index contributed by atoms with van der Waals surface area (Å²) in [6.45, 7) is 1.55. The van der Waals surface area contributed by atoms with Gasteiger partial charge in [-0.05, 0) is 13.0 Å². The van der Waals surface area contributed by atoms with Crippen molar-refractivity contribution in [3.63, 3.8) is 0 Å². The molecule has 2 N–H and O–H groups in total. The number of carbonyl (C=O) groups is 1. The van der Waals surface area contributed by atoms with Gasteiger partial charge in [0.15, 0.2) is 5.78 Å². The SMILES string of the molecule is CC(=O)C1=CC=CC=C(N)C1. The van der Waals surface area contributed by atoms with E-state index >= 15 is 0 Å². The van der Waals surface area contributed by atoms with Crippen molar-refractivity contribution in [2.45, 2.75) is 13.3 Å². The Labute approximate surface area is 66.1 Å². The predicted octanol–water partition coefficient (Wildman–Crippen LogP) is 1.30. The van der Waals surface area contributed by atoms with Crippen LogP contribution in [0.1, 0.15) is 13.3 Å². The fourth-order valence-electron chi connectivity index (χ4n) is 0.930. The van der Waals surface area contributed by atoms with Gasteiger partial charge in [0.05, 0.1) is 0 Å². The van der Waals surface area contributed by atoms with Gasteiger partial charge in [0.2, 0.25) is 0 Å². The van der Waals surface area contributed by atoms with Gasteiger partial charge in [0.25, 0.3) is 0 Å². The number of nitrogens with two attached hydrogens (primary N) is 1. The molecule has 1 aliphatic rings. The highest BCUT2D eigenvalue weighted by atomic mass is 16.1. The van der Waals surface area contributed by atoms with E-state index in [0.29, 0.717) is 6.42 Å². The van der Waals surface area contributed by atoms with Crippen LogP contribution in [0.3, 0.4) is 0 Å². The minimum atomic E-state index is 0.0906. The van der Waals surface area contributed by atoms with Gasteiger partial charge in [0, 0.05) is 17.7 Å². The minimum absolute atomic E-state index is 0.0906. The average molecular weight is 149 g/mol. The van der Waals surface area contributed by atoms with E-state index in [0.717, 1.165) is 11.3 Å². The topological polar surface area (TPSA) is 43.1 Å². The molecule has 0 unspecified atom stereocenters. The van der Waals surface area contributed by atoms with Gasteiger partial charge < -0.3 is 5.73 Å². The molecule has 11 heavy (non-hydrogen) atoms. The summed E-state index contributed by atoms with van der Waals surface area (Å²) in [5.74, 6) is 0.0906. The quantitative estimate of drug-likeness (QED) is 0.610. The maximum Gasteiger partial charge on any atom is 0.156 e. The summed E-state index contributed by atoms with van der Waals surface area (Å²) in [7, 11) is 0. The summed E-state index contributed by atoms with van der Waals surface area (Å²) in [6.07, 6.45) is 7.86. The molecule has 0 aromatic rings. The molecular formula is C9H11NO. The van der Waals surface area contributed by atoms with E-state index in [2.05, 4.69) is 0 Å². The Kier molecular flexibility index (Phi) is 2.26. The van der Waals surface area contributed by atoms with E-state index in [1.165, 1.54) is 0 Å². The first-order chi connectivity index (χ1) is 5.20. The van der Waals surface area contributed by atoms with Gasteiger partial charge >= 0.3 is 0 Å². The van der Waals surface area contributed by atoms with Gasteiger partial charge in [0.1, 0.15) is 0 Å². The largest absolute Gasteiger partial charge is 0.402 e. The van der Waals surface area contributed by atoms with Crippen LogP contribution >= 0.6 is 0 Å². The van der Waals surface area contributed by atoms with E-state index < -0.39 is 0 Å². The highest BCUT2D eigenvalue weighted by molar-refractivity contribution is 5.94. The second-order valence-electron chi connectivity index (χ2n) is 2.55. The zero-order valence-electron chi connectivity index (χ0n) is 6.50. The lowest BCUT2D eigenvalue weighted by molar-refractivity contribution is -0.113. The summed E-state index contributed by atoms with van der Waals surface area (Å²) in [4.78, 5) is 10.9. The summed E-state index contributed by atoms with van der Waals surface area (Å²) in [5.41, 5.74) is 7.09. The molecule has 1 aliphatic carbocycles. The molecule has 0 saturated heterocycles. The van der Waals surface area contributed by atoms with Gasteiger partial charge in [-0.3, -0.25) is 4.79 Å². The molecule has 0 aromatic carbocycles. The number of allylic oxidation sites excluding steroid dienone is 5. The second-order valence-corrected chi connectivity index (χ2v) is 2.55. The molecule has 0 spiro atoms. The maximum atomic E-state index is 10.9. The Balaban J connectivity index is 2.85. The number of ketones is 1. The molecule has 2 nitrogen and oxygen atoms in total. The molecule has 0 heterocycles. The Morgan fingerprint density at radius 3 is 2.73 bits per heavy atom. The van der Waals surface area contributed by atoms with Crippen LogP contribution in [0.5, 0.6) is 0 Å². The van der Waals surface area contributed by atoms with Crippen molar-refractivity contribution in [2.75, 3.05) is 0 Å². The van der Waals surface area contributed by atoms with Crippen LogP contribution in [0.2, 0.25) is 0 Å². The number of Topliss-reactive ketones (excluding diaryl/α,β-unsaturated/α-hetero) is 1. The van der Waals surface area contributed by atoms with Crippen LogP contribution in [-0.4, -0.2) is 5.78 Å². The molecule has 0 aromatic heterocycles. The van der Waals surface area contributed by atoms with E-state index in [4.69, 9.17) is 5.73 Å². The molecule has 0 fully saturated rings. The Morgan fingerprint density at radius 2 is 2.09 bits per heavy atom. The Bertz CT molecular complexity index is 259. The molecule has 0 radical (unpaired) electrons. The van der Waals surface area contributed by atoms with Crippen LogP contribution in [0.25, 0.3) is 0 Å². The van der Waals surface area contributed by atoms with Gasteiger partial charge in [-0.1, -0.05) is 18.2 Å². The molecule has 0 atom stereocenters. The number of hydrogen-bond donors (Lipinski definition) is 1. The monoisotopic (exact) mass is 149 g/mol. The van der Waals surface area contributed by atoms with E-state index in [1.807, 2.05) is 18.2 Å². The maximum absolute atomic E-state index is 10.9. The predicted molar refractivity (Wildman–Crippen MR) is 44.8 cm³/mol. The van der Waals surface area contributed by atoms with Crippen LogP contribution in [-0.2, 0) is 4.79 Å². The van der Waals surface area contributed by atoms with Crippen LogP contribution in [0, 0.1) is 0 Å². The van der Waals surface area contributed by atoms with Gasteiger partial charge in [-0.15, -0.1) is 0 Å². The van der Waals surface area contributed by atoms with E-state index in [1.54, 1.807) is 13.0 Å². The first kappa shape index (κ1) is 7.79. The molecule has 0 amide bonds. The van der Waals surface area contributed by atoms with Crippen molar-refractivity contribution in [3.8, 4) is 0 Å². The fraction of sp³-hybridized carbons (Fsp3) is 0.222. The van der Waals surface area contributed by atoms with Crippen molar-refractivity contribution in [1.29, 1.82) is 0 Å². The highest BCUT2D eigenvalue weighted by Crippen LogP contribution is 2.11. The molecule has 0 aliphatic heterocycles. The summed E-state index contributed by atoms with van der Waals surface area (Å²) < 4.78 is 0. The molecule has 1 rings (SSSR count). The number of hydrogen-bond acceptors (Lipinski definition) is 2. The molecule has 0 bridgehead atoms. The Morgan fingerprint density at radius 1 is 1.45 bits per heavy atom. The van der Waals surface area contributed by atoms with Crippen LogP contribution < -0.4 is 5.73 Å². The van der Waals surface area contributed by atoms with Crippen molar-refractivity contribution in [3.05, 3.63) is 35.6 Å². The fourth-order valence-corrected chi connectivity index (χ4v) is 0.930. The molecule has 0 saturated carbocycles. The second kappa shape index (κ2) is 3.19. The lowest BCUT2D eigenvalue weighted by Gasteiger charge is -1.99. The zero-order valence-corrected chi connectivity index (χ0v) is 6.50. The third kappa shape index (κ3) is 2.08. The molecule has 58 valence electrons. The molecular weight excluding hydrogens is 138 g/mol. The van der Waals surface area contributed by atoms with Crippen LogP contribution in [0.4, 0.5) is 0 Å². The third-order valence-corrected chi connectivity index (χ3v) is 1.57. The van der Waals surface area contributed by atoms with Crippen molar-refractivity contribution in [1.82, 2.24) is 0 Å².